The molecule has 2 atom stereocenters. The first-order valence-corrected chi connectivity index (χ1v) is 8.14. The monoisotopic (exact) mass is 354 g/mol. The van der Waals surface area contributed by atoms with E-state index in [0.717, 1.165) is 6.07 Å². The Balaban J connectivity index is 1.90. The Bertz CT molecular complexity index is 697. The lowest BCUT2D eigenvalue weighted by Crippen LogP contribution is -2.47. The van der Waals surface area contributed by atoms with Crippen LogP contribution in [-0.4, -0.2) is 72.2 Å². The van der Waals surface area contributed by atoms with Crippen molar-refractivity contribution in [1.82, 2.24) is 9.80 Å². The van der Waals surface area contributed by atoms with E-state index in [2.05, 4.69) is 0 Å². The summed E-state index contributed by atoms with van der Waals surface area (Å²) >= 11 is 0. The Morgan fingerprint density at radius 2 is 2.00 bits per heavy atom. The molecule has 6 nitrogen and oxygen atoms in total. The fourth-order valence-corrected chi connectivity index (χ4v) is 3.51. The molecule has 0 radical (unpaired) electrons. The van der Waals surface area contributed by atoms with Crippen molar-refractivity contribution in [2.24, 2.45) is 5.92 Å². The normalized spacial score (nSPS) is 24.0. The topological polar surface area (TPSA) is 70.1 Å². The summed E-state index contributed by atoms with van der Waals surface area (Å²) in [6.45, 7) is 2.98. The minimum Gasteiger partial charge on any atom is -0.480 e. The summed E-state index contributed by atoms with van der Waals surface area (Å²) in [6.07, 6.45) is 0. The van der Waals surface area contributed by atoms with Crippen molar-refractivity contribution in [2.75, 3.05) is 39.4 Å². The van der Waals surface area contributed by atoms with Gasteiger partial charge in [0.2, 0.25) is 0 Å². The Hall–Kier alpha value is -2.06. The number of carbonyl (C=O) groups excluding carboxylic acids is 1. The Labute approximate surface area is 144 Å². The van der Waals surface area contributed by atoms with Gasteiger partial charge in [0.05, 0.1) is 25.8 Å². The molecule has 0 saturated carbocycles. The number of benzene rings is 1. The number of nitrogens with zero attached hydrogens (tertiary/aromatic N) is 2. The number of aliphatic carboxylic acids is 1. The average Bonchev–Trinajstić information content (AvgIpc) is 2.81. The molecule has 0 unspecified atom stereocenters. The second-order valence-electron chi connectivity index (χ2n) is 6.66. The number of carboxylic acid groups (broad SMARTS) is 1. The van der Waals surface area contributed by atoms with Gasteiger partial charge in [0, 0.05) is 25.6 Å². The second kappa shape index (κ2) is 7.05. The third kappa shape index (κ3) is 3.64. The van der Waals surface area contributed by atoms with Crippen LogP contribution in [0.15, 0.2) is 12.1 Å². The maximum atomic E-state index is 14.4. The van der Waals surface area contributed by atoms with Crippen molar-refractivity contribution in [1.29, 1.82) is 0 Å². The molecule has 2 heterocycles. The van der Waals surface area contributed by atoms with Gasteiger partial charge in [-0.25, -0.2) is 8.78 Å². The fraction of sp³-hybridized carbons (Fsp3) is 0.529. The highest BCUT2D eigenvalue weighted by Crippen LogP contribution is 2.25. The molecule has 2 aliphatic rings. The van der Waals surface area contributed by atoms with Crippen molar-refractivity contribution in [3.8, 4) is 0 Å². The largest absolute Gasteiger partial charge is 0.480 e. The Morgan fingerprint density at radius 1 is 1.24 bits per heavy atom. The van der Waals surface area contributed by atoms with Gasteiger partial charge in [-0.3, -0.25) is 14.5 Å². The predicted octanol–water partition coefficient (Wildman–Crippen LogP) is 1.13. The van der Waals surface area contributed by atoms with E-state index in [1.54, 1.807) is 4.90 Å². The number of amides is 1. The molecular formula is C17H20F2N2O4. The summed E-state index contributed by atoms with van der Waals surface area (Å²) in [4.78, 5) is 27.1. The quantitative estimate of drug-likeness (QED) is 0.881. The molecular weight excluding hydrogens is 334 g/mol. The SMILES string of the molecule is Cc1ccc(F)c(C(=O)N2C[C@H]3COC[C@@H]2CN(CC(=O)O)C3)c1F. The van der Waals surface area contributed by atoms with Gasteiger partial charge >= 0.3 is 5.97 Å². The second-order valence-corrected chi connectivity index (χ2v) is 6.66. The van der Waals surface area contributed by atoms with Crippen LogP contribution >= 0.6 is 0 Å². The summed E-state index contributed by atoms with van der Waals surface area (Å²) in [5, 5.41) is 9.02. The van der Waals surface area contributed by atoms with Gasteiger partial charge in [0.1, 0.15) is 17.2 Å². The Kier molecular flexibility index (Phi) is 5.01. The molecule has 1 aromatic rings. The van der Waals surface area contributed by atoms with Crippen LogP contribution in [0, 0.1) is 24.5 Å². The molecule has 1 aromatic carbocycles. The average molecular weight is 354 g/mol. The molecule has 2 fully saturated rings. The Morgan fingerprint density at radius 3 is 2.72 bits per heavy atom. The van der Waals surface area contributed by atoms with Crippen LogP contribution in [0.25, 0.3) is 0 Å². The number of aryl methyl sites for hydroxylation is 1. The first-order chi connectivity index (χ1) is 11.9. The summed E-state index contributed by atoms with van der Waals surface area (Å²) in [6, 6.07) is 1.93. The van der Waals surface area contributed by atoms with Crippen molar-refractivity contribution in [2.45, 2.75) is 13.0 Å². The lowest BCUT2D eigenvalue weighted by atomic mass is 10.1. The molecule has 2 bridgehead atoms. The van der Waals surface area contributed by atoms with E-state index in [1.165, 1.54) is 17.9 Å². The maximum Gasteiger partial charge on any atom is 0.317 e. The zero-order valence-corrected chi connectivity index (χ0v) is 13.9. The van der Waals surface area contributed by atoms with E-state index in [4.69, 9.17) is 9.84 Å². The molecule has 25 heavy (non-hydrogen) atoms. The summed E-state index contributed by atoms with van der Waals surface area (Å²) in [7, 11) is 0. The number of ether oxygens (including phenoxy) is 1. The highest BCUT2D eigenvalue weighted by Gasteiger charge is 2.38. The lowest BCUT2D eigenvalue weighted by molar-refractivity contribution is -0.138. The lowest BCUT2D eigenvalue weighted by Gasteiger charge is -2.30. The molecule has 0 aliphatic carbocycles. The van der Waals surface area contributed by atoms with E-state index in [-0.39, 0.29) is 31.2 Å². The summed E-state index contributed by atoms with van der Waals surface area (Å²) in [5.41, 5.74) is -0.358. The first-order valence-electron chi connectivity index (χ1n) is 8.14. The third-order valence-corrected chi connectivity index (χ3v) is 4.66. The van der Waals surface area contributed by atoms with E-state index in [0.29, 0.717) is 19.7 Å². The summed E-state index contributed by atoms with van der Waals surface area (Å²) in [5.74, 6) is -3.51. The van der Waals surface area contributed by atoms with Crippen LogP contribution in [-0.2, 0) is 9.53 Å². The minimum absolute atomic E-state index is 0.105. The van der Waals surface area contributed by atoms with Gasteiger partial charge < -0.3 is 14.7 Å². The smallest absolute Gasteiger partial charge is 0.317 e. The molecule has 3 rings (SSSR count). The van der Waals surface area contributed by atoms with Gasteiger partial charge in [-0.2, -0.15) is 0 Å². The number of hydrogen-bond donors (Lipinski definition) is 1. The molecule has 1 N–H and O–H groups in total. The number of carbonyl (C=O) groups is 2. The molecule has 8 heteroatoms. The van der Waals surface area contributed by atoms with Gasteiger partial charge in [-0.15, -0.1) is 0 Å². The molecule has 0 aromatic heterocycles. The van der Waals surface area contributed by atoms with Gasteiger partial charge in [0.25, 0.3) is 5.91 Å². The van der Waals surface area contributed by atoms with Crippen molar-refractivity contribution >= 4 is 11.9 Å². The van der Waals surface area contributed by atoms with Gasteiger partial charge in [-0.1, -0.05) is 6.07 Å². The molecule has 2 aliphatic heterocycles. The van der Waals surface area contributed by atoms with E-state index < -0.39 is 35.1 Å². The van der Waals surface area contributed by atoms with Crippen LogP contribution in [0.4, 0.5) is 8.78 Å². The van der Waals surface area contributed by atoms with Gasteiger partial charge in [-0.05, 0) is 18.6 Å². The van der Waals surface area contributed by atoms with E-state index in [9.17, 15) is 18.4 Å². The van der Waals surface area contributed by atoms with E-state index >= 15 is 0 Å². The molecule has 0 spiro atoms. The standard InChI is InChI=1S/C17H20F2N2O4/c1-10-2-3-13(18)15(16(10)19)17(24)21-5-11-4-20(7-14(22)23)6-12(21)9-25-8-11/h2-3,11-12H,4-9H2,1H3,(H,22,23)/t11-,12-/m0/s1. The zero-order chi connectivity index (χ0) is 18.1. The third-order valence-electron chi connectivity index (χ3n) is 4.66. The molecule has 2 saturated heterocycles. The summed E-state index contributed by atoms with van der Waals surface area (Å²) < 4.78 is 34.0. The van der Waals surface area contributed by atoms with Crippen molar-refractivity contribution in [3.05, 3.63) is 34.9 Å². The highest BCUT2D eigenvalue weighted by molar-refractivity contribution is 5.95. The molecule has 1 amide bonds. The van der Waals surface area contributed by atoms with Crippen molar-refractivity contribution in [3.63, 3.8) is 0 Å². The van der Waals surface area contributed by atoms with Crippen LogP contribution in [0.1, 0.15) is 15.9 Å². The van der Waals surface area contributed by atoms with Crippen LogP contribution < -0.4 is 0 Å². The minimum atomic E-state index is -0.949. The highest BCUT2D eigenvalue weighted by atomic mass is 19.1. The number of fused-ring (bicyclic) bond motifs is 3. The first kappa shape index (κ1) is 17.8. The van der Waals surface area contributed by atoms with Crippen LogP contribution in [0.2, 0.25) is 0 Å². The van der Waals surface area contributed by atoms with E-state index in [1.807, 2.05) is 0 Å². The zero-order valence-electron chi connectivity index (χ0n) is 13.9. The number of hydrogen-bond acceptors (Lipinski definition) is 4. The molecule has 136 valence electrons. The predicted molar refractivity (Wildman–Crippen MR) is 84.3 cm³/mol. The number of rotatable bonds is 3. The number of halogens is 2. The maximum absolute atomic E-state index is 14.4. The number of carboxylic acids is 1. The van der Waals surface area contributed by atoms with Crippen LogP contribution in [0.3, 0.4) is 0 Å². The fourth-order valence-electron chi connectivity index (χ4n) is 3.51. The van der Waals surface area contributed by atoms with Crippen molar-refractivity contribution < 1.29 is 28.2 Å². The van der Waals surface area contributed by atoms with Gasteiger partial charge in [0.15, 0.2) is 0 Å². The van der Waals surface area contributed by atoms with Crippen LogP contribution in [0.5, 0.6) is 0 Å².